The van der Waals surface area contributed by atoms with Crippen molar-refractivity contribution in [3.05, 3.63) is 58.3 Å². The highest BCUT2D eigenvalue weighted by Gasteiger charge is 2.31. The molecule has 0 aliphatic carbocycles. The summed E-state index contributed by atoms with van der Waals surface area (Å²) in [5.41, 5.74) is 0. The number of fused-ring (bicyclic) bond motifs is 1. The Hall–Kier alpha value is -1.82. The van der Waals surface area contributed by atoms with E-state index in [1.165, 1.54) is 4.70 Å². The minimum absolute atomic E-state index is 0.0612. The molecule has 1 amide bonds. The van der Waals surface area contributed by atoms with Crippen LogP contribution in [0.4, 0.5) is 0 Å². The molecule has 2 aromatic heterocycles. The summed E-state index contributed by atoms with van der Waals surface area (Å²) in [4.78, 5) is 15.9. The standard InChI is InChI=1S/C19H19ClN2O2S/c20-18-14-6-1-2-8-16(14)25-17(18)12-22-9-3-7-15(22)19(23)21-11-13-5-4-10-24-13/h1-2,4-6,8,10,15H,3,7,9,11-12H2,(H,21,23). The Morgan fingerprint density at radius 1 is 1.32 bits per heavy atom. The zero-order chi connectivity index (χ0) is 17.2. The Morgan fingerprint density at radius 2 is 2.20 bits per heavy atom. The molecule has 0 spiro atoms. The predicted molar refractivity (Wildman–Crippen MR) is 101 cm³/mol. The fourth-order valence-corrected chi connectivity index (χ4v) is 4.89. The highest BCUT2D eigenvalue weighted by molar-refractivity contribution is 7.19. The Balaban J connectivity index is 1.45. The summed E-state index contributed by atoms with van der Waals surface area (Å²) in [7, 11) is 0. The lowest BCUT2D eigenvalue weighted by Gasteiger charge is -2.23. The molecule has 3 aromatic rings. The lowest BCUT2D eigenvalue weighted by molar-refractivity contribution is -0.125. The first kappa shape index (κ1) is 16.6. The van der Waals surface area contributed by atoms with E-state index >= 15 is 0 Å². The van der Waals surface area contributed by atoms with Crippen LogP contribution in [0, 0.1) is 0 Å². The van der Waals surface area contributed by atoms with Crippen molar-refractivity contribution in [2.75, 3.05) is 6.54 Å². The van der Waals surface area contributed by atoms with Gasteiger partial charge in [-0.05, 0) is 37.6 Å². The summed E-state index contributed by atoms with van der Waals surface area (Å²) in [6, 6.07) is 11.8. The van der Waals surface area contributed by atoms with E-state index < -0.39 is 0 Å². The van der Waals surface area contributed by atoms with Gasteiger partial charge in [-0.25, -0.2) is 0 Å². The first-order chi connectivity index (χ1) is 12.2. The number of amides is 1. The number of furan rings is 1. The van der Waals surface area contributed by atoms with Crippen molar-refractivity contribution in [1.82, 2.24) is 10.2 Å². The predicted octanol–water partition coefficient (Wildman–Crippen LogP) is 4.43. The summed E-state index contributed by atoms with van der Waals surface area (Å²) in [6.07, 6.45) is 3.53. The number of nitrogens with one attached hydrogen (secondary N) is 1. The van der Waals surface area contributed by atoms with Gasteiger partial charge in [0, 0.05) is 21.5 Å². The summed E-state index contributed by atoms with van der Waals surface area (Å²) >= 11 is 8.28. The number of benzene rings is 1. The molecule has 1 saturated heterocycles. The van der Waals surface area contributed by atoms with Crippen LogP contribution >= 0.6 is 22.9 Å². The number of thiophene rings is 1. The fourth-order valence-electron chi connectivity index (χ4n) is 3.37. The van der Waals surface area contributed by atoms with Crippen molar-refractivity contribution in [2.24, 2.45) is 0 Å². The first-order valence-corrected chi connectivity index (χ1v) is 9.62. The van der Waals surface area contributed by atoms with Crippen LogP contribution in [-0.4, -0.2) is 23.4 Å². The zero-order valence-electron chi connectivity index (χ0n) is 13.7. The van der Waals surface area contributed by atoms with E-state index in [9.17, 15) is 4.79 Å². The van der Waals surface area contributed by atoms with Gasteiger partial charge in [0.15, 0.2) is 0 Å². The van der Waals surface area contributed by atoms with Crippen LogP contribution in [0.3, 0.4) is 0 Å². The number of hydrogen-bond acceptors (Lipinski definition) is 4. The van der Waals surface area contributed by atoms with E-state index in [1.807, 2.05) is 24.3 Å². The smallest absolute Gasteiger partial charge is 0.237 e. The summed E-state index contributed by atoms with van der Waals surface area (Å²) < 4.78 is 6.47. The number of hydrogen-bond donors (Lipinski definition) is 1. The van der Waals surface area contributed by atoms with Crippen LogP contribution < -0.4 is 5.32 Å². The number of carbonyl (C=O) groups is 1. The molecule has 1 aliphatic heterocycles. The van der Waals surface area contributed by atoms with Gasteiger partial charge in [0.1, 0.15) is 5.76 Å². The monoisotopic (exact) mass is 374 g/mol. The van der Waals surface area contributed by atoms with Gasteiger partial charge in [-0.15, -0.1) is 11.3 Å². The van der Waals surface area contributed by atoms with Crippen molar-refractivity contribution in [3.63, 3.8) is 0 Å². The molecule has 3 heterocycles. The van der Waals surface area contributed by atoms with Gasteiger partial charge >= 0.3 is 0 Å². The molecule has 4 nitrogen and oxygen atoms in total. The maximum absolute atomic E-state index is 12.6. The third-order valence-electron chi connectivity index (χ3n) is 4.63. The SMILES string of the molecule is O=C(NCc1ccco1)C1CCCN1Cc1sc2ccccc2c1Cl. The van der Waals surface area contributed by atoms with Gasteiger partial charge in [0.25, 0.3) is 0 Å². The van der Waals surface area contributed by atoms with E-state index in [2.05, 4.69) is 22.3 Å². The second-order valence-corrected chi connectivity index (χ2v) is 7.78. The lowest BCUT2D eigenvalue weighted by atomic mass is 10.2. The number of halogens is 1. The van der Waals surface area contributed by atoms with Gasteiger partial charge in [-0.2, -0.15) is 0 Å². The molecule has 1 fully saturated rings. The molecule has 0 saturated carbocycles. The van der Waals surface area contributed by atoms with E-state index in [0.717, 1.165) is 47.0 Å². The van der Waals surface area contributed by atoms with Crippen LogP contribution in [0.25, 0.3) is 10.1 Å². The van der Waals surface area contributed by atoms with Gasteiger partial charge in [0.05, 0.1) is 23.9 Å². The summed E-state index contributed by atoms with van der Waals surface area (Å²) in [5, 5.41) is 4.90. The molecule has 1 atom stereocenters. The Labute approximate surface area is 155 Å². The summed E-state index contributed by atoms with van der Waals surface area (Å²) in [5.74, 6) is 0.830. The maximum atomic E-state index is 12.6. The van der Waals surface area contributed by atoms with Crippen LogP contribution in [0.15, 0.2) is 47.1 Å². The second-order valence-electron chi connectivity index (χ2n) is 6.26. The lowest BCUT2D eigenvalue weighted by Crippen LogP contribution is -2.42. The number of nitrogens with zero attached hydrogens (tertiary/aromatic N) is 1. The van der Waals surface area contributed by atoms with E-state index in [4.69, 9.17) is 16.0 Å². The minimum atomic E-state index is -0.101. The van der Waals surface area contributed by atoms with Gasteiger partial charge in [0.2, 0.25) is 5.91 Å². The molecule has 0 bridgehead atoms. The molecular formula is C19H19ClN2O2S. The third kappa shape index (κ3) is 3.45. The van der Waals surface area contributed by atoms with Crippen molar-refractivity contribution in [3.8, 4) is 0 Å². The molecule has 1 aromatic carbocycles. The largest absolute Gasteiger partial charge is 0.467 e. The zero-order valence-corrected chi connectivity index (χ0v) is 15.3. The normalized spacial score (nSPS) is 18.0. The van der Waals surface area contributed by atoms with Crippen LogP contribution in [0.2, 0.25) is 5.02 Å². The quantitative estimate of drug-likeness (QED) is 0.718. The number of likely N-dealkylation sites (tertiary alicyclic amines) is 1. The molecule has 1 unspecified atom stereocenters. The Kier molecular flexibility index (Phi) is 4.79. The van der Waals surface area contributed by atoms with Crippen molar-refractivity contribution >= 4 is 38.9 Å². The van der Waals surface area contributed by atoms with E-state index in [1.54, 1.807) is 17.6 Å². The molecule has 4 rings (SSSR count). The summed E-state index contributed by atoms with van der Waals surface area (Å²) in [6.45, 7) is 2.07. The van der Waals surface area contributed by atoms with Crippen LogP contribution in [0.5, 0.6) is 0 Å². The van der Waals surface area contributed by atoms with Gasteiger partial charge < -0.3 is 9.73 Å². The topological polar surface area (TPSA) is 45.5 Å². The minimum Gasteiger partial charge on any atom is -0.467 e. The van der Waals surface area contributed by atoms with Crippen LogP contribution in [0.1, 0.15) is 23.5 Å². The number of carbonyl (C=O) groups excluding carboxylic acids is 1. The van der Waals surface area contributed by atoms with Gasteiger partial charge in [-0.1, -0.05) is 29.8 Å². The molecule has 130 valence electrons. The van der Waals surface area contributed by atoms with Crippen molar-refractivity contribution in [2.45, 2.75) is 32.0 Å². The first-order valence-electron chi connectivity index (χ1n) is 8.42. The van der Waals surface area contributed by atoms with Crippen molar-refractivity contribution in [1.29, 1.82) is 0 Å². The molecule has 1 N–H and O–H groups in total. The molecule has 25 heavy (non-hydrogen) atoms. The second kappa shape index (κ2) is 7.20. The average Bonchev–Trinajstić information content (AvgIpc) is 3.35. The molecule has 1 aliphatic rings. The third-order valence-corrected chi connectivity index (χ3v) is 6.33. The van der Waals surface area contributed by atoms with Gasteiger partial charge in [-0.3, -0.25) is 9.69 Å². The Morgan fingerprint density at radius 3 is 3.00 bits per heavy atom. The van der Waals surface area contributed by atoms with E-state index in [0.29, 0.717) is 6.54 Å². The number of rotatable bonds is 5. The highest BCUT2D eigenvalue weighted by Crippen LogP contribution is 2.37. The fraction of sp³-hybridized carbons (Fsp3) is 0.316. The van der Waals surface area contributed by atoms with Crippen LogP contribution in [-0.2, 0) is 17.9 Å². The molecular weight excluding hydrogens is 356 g/mol. The maximum Gasteiger partial charge on any atom is 0.237 e. The molecule has 0 radical (unpaired) electrons. The van der Waals surface area contributed by atoms with Crippen molar-refractivity contribution < 1.29 is 9.21 Å². The van der Waals surface area contributed by atoms with E-state index in [-0.39, 0.29) is 11.9 Å². The molecule has 6 heteroatoms. The Bertz CT molecular complexity index is 875. The highest BCUT2D eigenvalue weighted by atomic mass is 35.5. The average molecular weight is 375 g/mol.